The number of alkyl halides is 11. The molecule has 0 amide bonds. The van der Waals surface area contributed by atoms with Gasteiger partial charge in [0.05, 0.1) is 10.0 Å². The van der Waals surface area contributed by atoms with Gasteiger partial charge < -0.3 is 5.11 Å². The van der Waals surface area contributed by atoms with E-state index in [1.165, 1.54) is 0 Å². The van der Waals surface area contributed by atoms with Crippen LogP contribution >= 0.6 is 23.2 Å². The standard InChI is InChI=1S/C15H5Cl2F11O2/c16-6-2-1-5(3-7(6)17)8(29)4-9(30)10(18)11(19,20)13(23,24)15(27,28)14(25,26)12(10,21)22/h1-4,29H/p-1/b8-4-. The first kappa shape index (κ1) is 24.5. The molecule has 1 aromatic carbocycles. The van der Waals surface area contributed by atoms with E-state index in [4.69, 9.17) is 23.2 Å². The third kappa shape index (κ3) is 2.66. The Labute approximate surface area is 168 Å². The SMILES string of the molecule is O=C(/C=C(\[O-])c1ccc(Cl)c(Cl)c1)C1(F)C(F)(F)C(F)(F)C(F)(F)C(F)(F)C1(F)F. The molecule has 30 heavy (non-hydrogen) atoms. The van der Waals surface area contributed by atoms with Gasteiger partial charge in [0.15, 0.2) is 0 Å². The summed E-state index contributed by atoms with van der Waals surface area (Å²) < 4.78 is 149. The first-order valence-electron chi connectivity index (χ1n) is 7.18. The molecule has 0 spiro atoms. The summed E-state index contributed by atoms with van der Waals surface area (Å²) >= 11 is 11.0. The van der Waals surface area contributed by atoms with Crippen LogP contribution in [0.3, 0.4) is 0 Å². The van der Waals surface area contributed by atoms with Gasteiger partial charge in [0.1, 0.15) is 0 Å². The maximum atomic E-state index is 14.5. The van der Waals surface area contributed by atoms with Crippen LogP contribution in [0.5, 0.6) is 0 Å². The second kappa shape index (κ2) is 6.62. The molecule has 0 heterocycles. The van der Waals surface area contributed by atoms with Crippen LogP contribution in [-0.4, -0.2) is 41.1 Å². The van der Waals surface area contributed by atoms with Crippen LogP contribution in [0.2, 0.25) is 10.0 Å². The summed E-state index contributed by atoms with van der Waals surface area (Å²) in [4.78, 5) is 11.7. The summed E-state index contributed by atoms with van der Waals surface area (Å²) in [6.45, 7) is 0. The van der Waals surface area contributed by atoms with Crippen LogP contribution in [-0.2, 0) is 4.79 Å². The molecule has 1 aliphatic carbocycles. The lowest BCUT2D eigenvalue weighted by Crippen LogP contribution is -2.85. The zero-order valence-electron chi connectivity index (χ0n) is 13.5. The van der Waals surface area contributed by atoms with E-state index < -0.39 is 63.5 Å². The highest BCUT2D eigenvalue weighted by atomic mass is 35.5. The second-order valence-corrected chi connectivity index (χ2v) is 6.85. The number of ketones is 1. The van der Waals surface area contributed by atoms with Gasteiger partial charge in [0.25, 0.3) is 0 Å². The van der Waals surface area contributed by atoms with Gasteiger partial charge >= 0.3 is 35.3 Å². The van der Waals surface area contributed by atoms with Gasteiger partial charge in [-0.15, -0.1) is 0 Å². The first-order chi connectivity index (χ1) is 13.2. The summed E-state index contributed by atoms with van der Waals surface area (Å²) in [7, 11) is 0. The number of carbonyl (C=O) groups excluding carboxylic acids is 1. The number of allylic oxidation sites excluding steroid dienone is 1. The van der Waals surface area contributed by atoms with Crippen molar-refractivity contribution < 1.29 is 58.2 Å². The Morgan fingerprint density at radius 1 is 0.733 bits per heavy atom. The normalized spacial score (nSPS) is 25.6. The first-order valence-corrected chi connectivity index (χ1v) is 7.94. The van der Waals surface area contributed by atoms with Crippen LogP contribution < -0.4 is 5.11 Å². The second-order valence-electron chi connectivity index (χ2n) is 6.03. The van der Waals surface area contributed by atoms with Crippen molar-refractivity contribution in [2.24, 2.45) is 0 Å². The van der Waals surface area contributed by atoms with E-state index >= 15 is 0 Å². The van der Waals surface area contributed by atoms with Crippen molar-refractivity contribution in [1.82, 2.24) is 0 Å². The van der Waals surface area contributed by atoms with Crippen LogP contribution in [0.25, 0.3) is 5.76 Å². The highest BCUT2D eigenvalue weighted by Crippen LogP contribution is 2.69. The summed E-state index contributed by atoms with van der Waals surface area (Å²) in [5.74, 6) is -42.6. The Morgan fingerprint density at radius 3 is 1.53 bits per heavy atom. The van der Waals surface area contributed by atoms with Gasteiger partial charge in [-0.05, 0) is 23.8 Å². The molecule has 1 aromatic rings. The molecule has 2 rings (SSSR count). The van der Waals surface area contributed by atoms with Crippen molar-refractivity contribution >= 4 is 34.7 Å². The minimum atomic E-state index is -7.46. The predicted molar refractivity (Wildman–Crippen MR) is 78.0 cm³/mol. The molecule has 168 valence electrons. The van der Waals surface area contributed by atoms with Crippen LogP contribution in [0.4, 0.5) is 48.3 Å². The summed E-state index contributed by atoms with van der Waals surface area (Å²) in [6.07, 6.45) is -0.975. The fourth-order valence-corrected chi connectivity index (χ4v) is 2.78. The number of rotatable bonds is 3. The third-order valence-corrected chi connectivity index (χ3v) is 4.99. The monoisotopic (exact) mass is 495 g/mol. The average Bonchev–Trinajstić information content (AvgIpc) is 2.61. The lowest BCUT2D eigenvalue weighted by Gasteiger charge is -2.51. The molecular formula is C15H4Cl2F11O2-. The van der Waals surface area contributed by atoms with Crippen molar-refractivity contribution in [3.63, 3.8) is 0 Å². The van der Waals surface area contributed by atoms with E-state index in [0.29, 0.717) is 12.1 Å². The van der Waals surface area contributed by atoms with Gasteiger partial charge in [0, 0.05) is 0 Å². The van der Waals surface area contributed by atoms with Crippen molar-refractivity contribution in [3.8, 4) is 0 Å². The van der Waals surface area contributed by atoms with Crippen molar-refractivity contribution in [3.05, 3.63) is 39.9 Å². The summed E-state index contributed by atoms with van der Waals surface area (Å²) in [5.41, 5.74) is -7.73. The van der Waals surface area contributed by atoms with E-state index in [9.17, 15) is 58.2 Å². The average molecular weight is 496 g/mol. The fourth-order valence-electron chi connectivity index (χ4n) is 2.48. The molecule has 1 aliphatic rings. The Morgan fingerprint density at radius 2 is 1.13 bits per heavy atom. The maximum Gasteiger partial charge on any atom is 0.384 e. The summed E-state index contributed by atoms with van der Waals surface area (Å²) in [6, 6.07) is 2.16. The topological polar surface area (TPSA) is 40.1 Å². The zero-order chi connectivity index (χ0) is 23.7. The predicted octanol–water partition coefficient (Wildman–Crippen LogP) is 5.16. The molecule has 15 heteroatoms. The van der Waals surface area contributed by atoms with Crippen LogP contribution in [0, 0.1) is 0 Å². The van der Waals surface area contributed by atoms with Gasteiger partial charge in [-0.1, -0.05) is 35.0 Å². The van der Waals surface area contributed by atoms with E-state index in [1.54, 1.807) is 0 Å². The van der Waals surface area contributed by atoms with E-state index in [2.05, 4.69) is 0 Å². The summed E-state index contributed by atoms with van der Waals surface area (Å²) in [5, 5.41) is 11.2. The molecule has 2 nitrogen and oxygen atoms in total. The molecule has 0 atom stereocenters. The maximum absolute atomic E-state index is 14.5. The molecule has 0 bridgehead atoms. The van der Waals surface area contributed by atoms with Gasteiger partial charge in [0.2, 0.25) is 5.78 Å². The third-order valence-electron chi connectivity index (χ3n) is 4.25. The molecule has 1 fully saturated rings. The number of halogens is 13. The van der Waals surface area contributed by atoms with Crippen molar-refractivity contribution in [2.45, 2.75) is 35.3 Å². The highest BCUT2D eigenvalue weighted by Gasteiger charge is 3.02. The zero-order valence-corrected chi connectivity index (χ0v) is 15.1. The van der Waals surface area contributed by atoms with Crippen molar-refractivity contribution in [1.29, 1.82) is 0 Å². The molecule has 0 saturated heterocycles. The van der Waals surface area contributed by atoms with Gasteiger partial charge in [-0.25, -0.2) is 4.39 Å². The Kier molecular flexibility index (Phi) is 5.41. The van der Waals surface area contributed by atoms with Crippen molar-refractivity contribution in [2.75, 3.05) is 0 Å². The van der Waals surface area contributed by atoms with E-state index in [1.807, 2.05) is 0 Å². The number of benzene rings is 1. The van der Waals surface area contributed by atoms with E-state index in [0.717, 1.165) is 6.07 Å². The lowest BCUT2D eigenvalue weighted by molar-refractivity contribution is -0.475. The number of carbonyl (C=O) groups is 1. The quantitative estimate of drug-likeness (QED) is 0.330. The number of hydrogen-bond acceptors (Lipinski definition) is 2. The van der Waals surface area contributed by atoms with Gasteiger partial charge in [-0.2, -0.15) is 43.9 Å². The molecule has 0 N–H and O–H groups in total. The van der Waals surface area contributed by atoms with Crippen LogP contribution in [0.15, 0.2) is 24.3 Å². The molecular weight excluding hydrogens is 492 g/mol. The Bertz CT molecular complexity index is 897. The minimum absolute atomic E-state index is 0.214. The molecule has 1 saturated carbocycles. The Balaban J connectivity index is 2.72. The number of hydrogen-bond donors (Lipinski definition) is 0. The van der Waals surface area contributed by atoms with Crippen LogP contribution in [0.1, 0.15) is 5.56 Å². The highest BCUT2D eigenvalue weighted by molar-refractivity contribution is 6.42. The fraction of sp³-hybridized carbons (Fsp3) is 0.400. The molecule has 0 unspecified atom stereocenters. The Hall–Kier alpha value is -1.76. The molecule has 0 aromatic heterocycles. The smallest absolute Gasteiger partial charge is 0.384 e. The minimum Gasteiger partial charge on any atom is -0.872 e. The van der Waals surface area contributed by atoms with Gasteiger partial charge in [-0.3, -0.25) is 4.79 Å². The lowest BCUT2D eigenvalue weighted by atomic mass is 9.70. The van der Waals surface area contributed by atoms with E-state index in [-0.39, 0.29) is 5.02 Å². The molecule has 0 aliphatic heterocycles. The molecule has 0 radical (unpaired) electrons. The largest absolute Gasteiger partial charge is 0.872 e.